The molecule has 2 aliphatic heterocycles. The number of rotatable bonds is 4. The van der Waals surface area contributed by atoms with E-state index in [-0.39, 0.29) is 5.97 Å². The normalized spacial score (nSPS) is 22.1. The Labute approximate surface area is 131 Å². The van der Waals surface area contributed by atoms with Crippen LogP contribution in [0.4, 0.5) is 5.69 Å². The Morgan fingerprint density at radius 1 is 1.18 bits per heavy atom. The van der Waals surface area contributed by atoms with E-state index in [1.54, 1.807) is 13.2 Å². The van der Waals surface area contributed by atoms with E-state index in [2.05, 4.69) is 9.80 Å². The van der Waals surface area contributed by atoms with Gasteiger partial charge in [0.05, 0.1) is 14.2 Å². The van der Waals surface area contributed by atoms with Crippen molar-refractivity contribution < 1.29 is 14.3 Å². The van der Waals surface area contributed by atoms with Gasteiger partial charge < -0.3 is 14.4 Å². The molecule has 0 aliphatic carbocycles. The van der Waals surface area contributed by atoms with Crippen molar-refractivity contribution >= 4 is 11.7 Å². The molecule has 0 N–H and O–H groups in total. The third-order valence-electron chi connectivity index (χ3n) is 4.78. The summed E-state index contributed by atoms with van der Waals surface area (Å²) in [7, 11) is 2.97. The maximum Gasteiger partial charge on any atom is 0.341 e. The van der Waals surface area contributed by atoms with Crippen LogP contribution in [0.25, 0.3) is 0 Å². The number of anilines is 1. The van der Waals surface area contributed by atoms with E-state index >= 15 is 0 Å². The lowest BCUT2D eigenvalue weighted by Crippen LogP contribution is -2.35. The number of hydrogen-bond acceptors (Lipinski definition) is 5. The predicted molar refractivity (Wildman–Crippen MR) is 85.8 cm³/mol. The zero-order valence-corrected chi connectivity index (χ0v) is 13.4. The molecule has 5 heteroatoms. The molecule has 2 saturated heterocycles. The van der Waals surface area contributed by atoms with Crippen molar-refractivity contribution in [3.8, 4) is 5.75 Å². The number of benzene rings is 1. The highest BCUT2D eigenvalue weighted by Crippen LogP contribution is 2.30. The van der Waals surface area contributed by atoms with Crippen LogP contribution in [0.2, 0.25) is 0 Å². The molecule has 0 spiro atoms. The first-order valence-electron chi connectivity index (χ1n) is 7.98. The first-order valence-corrected chi connectivity index (χ1v) is 7.98. The second-order valence-corrected chi connectivity index (χ2v) is 6.01. The van der Waals surface area contributed by atoms with Gasteiger partial charge in [0.15, 0.2) is 0 Å². The molecule has 22 heavy (non-hydrogen) atoms. The molecule has 0 bridgehead atoms. The fourth-order valence-corrected chi connectivity index (χ4v) is 3.54. The number of hydrogen-bond donors (Lipinski definition) is 0. The van der Waals surface area contributed by atoms with Gasteiger partial charge in [-0.05, 0) is 44.5 Å². The van der Waals surface area contributed by atoms with Gasteiger partial charge in [0.1, 0.15) is 11.3 Å². The highest BCUT2D eigenvalue weighted by atomic mass is 16.5. The van der Waals surface area contributed by atoms with Gasteiger partial charge in [-0.3, -0.25) is 4.90 Å². The summed E-state index contributed by atoms with van der Waals surface area (Å²) >= 11 is 0. The van der Waals surface area contributed by atoms with E-state index in [0.29, 0.717) is 17.4 Å². The lowest BCUT2D eigenvalue weighted by molar-refractivity contribution is 0.0597. The summed E-state index contributed by atoms with van der Waals surface area (Å²) in [6.07, 6.45) is 3.87. The lowest BCUT2D eigenvalue weighted by atomic mass is 10.1. The van der Waals surface area contributed by atoms with Crippen LogP contribution in [0.5, 0.6) is 5.75 Å². The summed E-state index contributed by atoms with van der Waals surface area (Å²) in [6.45, 7) is 4.59. The van der Waals surface area contributed by atoms with Crippen LogP contribution < -0.4 is 9.64 Å². The minimum absolute atomic E-state index is 0.361. The van der Waals surface area contributed by atoms with E-state index in [1.165, 1.54) is 39.5 Å². The van der Waals surface area contributed by atoms with Crippen molar-refractivity contribution in [2.75, 3.05) is 45.3 Å². The fourth-order valence-electron chi connectivity index (χ4n) is 3.54. The molecule has 1 aromatic carbocycles. The van der Waals surface area contributed by atoms with E-state index in [1.807, 2.05) is 12.1 Å². The standard InChI is InChI=1S/C17H24N2O3/c1-21-16-11-13(5-6-15(16)17(20)22-2)19-10-7-14(12-19)18-8-3-4-9-18/h5-6,11,14H,3-4,7-10,12H2,1-2H3/t14-/m1/s1. The molecule has 120 valence electrons. The van der Waals surface area contributed by atoms with Crippen molar-refractivity contribution in [3.63, 3.8) is 0 Å². The zero-order chi connectivity index (χ0) is 15.5. The molecular weight excluding hydrogens is 280 g/mol. The highest BCUT2D eigenvalue weighted by molar-refractivity contribution is 5.93. The molecule has 2 aliphatic rings. The Morgan fingerprint density at radius 3 is 2.64 bits per heavy atom. The third-order valence-corrected chi connectivity index (χ3v) is 4.78. The second kappa shape index (κ2) is 6.57. The van der Waals surface area contributed by atoms with E-state index in [9.17, 15) is 4.79 Å². The quantitative estimate of drug-likeness (QED) is 0.797. The van der Waals surface area contributed by atoms with Crippen LogP contribution in [0.15, 0.2) is 18.2 Å². The van der Waals surface area contributed by atoms with Crippen LogP contribution in [0, 0.1) is 0 Å². The maximum atomic E-state index is 11.7. The second-order valence-electron chi connectivity index (χ2n) is 6.01. The maximum absolute atomic E-state index is 11.7. The first-order chi connectivity index (χ1) is 10.7. The van der Waals surface area contributed by atoms with Gasteiger partial charge in [0.25, 0.3) is 0 Å². The van der Waals surface area contributed by atoms with Crippen molar-refractivity contribution in [1.29, 1.82) is 0 Å². The molecule has 2 heterocycles. The summed E-state index contributed by atoms with van der Waals surface area (Å²) in [5.74, 6) is 0.216. The average molecular weight is 304 g/mol. The molecule has 0 unspecified atom stereocenters. The van der Waals surface area contributed by atoms with Gasteiger partial charge in [-0.1, -0.05) is 0 Å². The number of esters is 1. The largest absolute Gasteiger partial charge is 0.496 e. The molecule has 1 aromatic rings. The van der Waals surface area contributed by atoms with Gasteiger partial charge in [-0.25, -0.2) is 4.79 Å². The molecule has 0 aromatic heterocycles. The first kappa shape index (κ1) is 15.2. The SMILES string of the molecule is COC(=O)c1ccc(N2CC[C@@H](N3CCCC3)C2)cc1OC. The lowest BCUT2D eigenvalue weighted by Gasteiger charge is -2.24. The van der Waals surface area contributed by atoms with Crippen LogP contribution in [-0.4, -0.2) is 57.3 Å². The predicted octanol–water partition coefficient (Wildman–Crippen LogP) is 2.16. The number of nitrogens with zero attached hydrogens (tertiary/aromatic N) is 2. The molecule has 0 radical (unpaired) electrons. The number of methoxy groups -OCH3 is 2. The zero-order valence-electron chi connectivity index (χ0n) is 13.4. The molecular formula is C17H24N2O3. The van der Waals surface area contributed by atoms with Crippen LogP contribution in [0.1, 0.15) is 29.6 Å². The van der Waals surface area contributed by atoms with Crippen LogP contribution >= 0.6 is 0 Å². The summed E-state index contributed by atoms with van der Waals surface area (Å²) in [5.41, 5.74) is 1.59. The van der Waals surface area contributed by atoms with Gasteiger partial charge in [-0.15, -0.1) is 0 Å². The van der Waals surface area contributed by atoms with Crippen molar-refractivity contribution in [2.45, 2.75) is 25.3 Å². The van der Waals surface area contributed by atoms with E-state index in [0.717, 1.165) is 18.8 Å². The summed E-state index contributed by atoms with van der Waals surface area (Å²) in [6, 6.07) is 6.39. The molecule has 2 fully saturated rings. The highest BCUT2D eigenvalue weighted by Gasteiger charge is 2.29. The summed E-state index contributed by atoms with van der Waals surface area (Å²) in [5, 5.41) is 0. The smallest absolute Gasteiger partial charge is 0.341 e. The van der Waals surface area contributed by atoms with Gasteiger partial charge >= 0.3 is 5.97 Å². The van der Waals surface area contributed by atoms with Gasteiger partial charge in [0.2, 0.25) is 0 Å². The molecule has 5 nitrogen and oxygen atoms in total. The Hall–Kier alpha value is -1.75. The molecule has 1 atom stereocenters. The minimum atomic E-state index is -0.361. The van der Waals surface area contributed by atoms with Crippen LogP contribution in [-0.2, 0) is 4.74 Å². The van der Waals surface area contributed by atoms with Crippen LogP contribution in [0.3, 0.4) is 0 Å². The molecule has 0 amide bonds. The van der Waals surface area contributed by atoms with E-state index < -0.39 is 0 Å². The molecule has 3 rings (SSSR count). The third kappa shape index (κ3) is 2.90. The van der Waals surface area contributed by atoms with Crippen molar-refractivity contribution in [1.82, 2.24) is 4.90 Å². The Bertz CT molecular complexity index is 541. The number of carbonyl (C=O) groups excluding carboxylic acids is 1. The summed E-state index contributed by atoms with van der Waals surface area (Å²) < 4.78 is 10.1. The Balaban J connectivity index is 1.73. The van der Waals surface area contributed by atoms with Crippen molar-refractivity contribution in [2.24, 2.45) is 0 Å². The average Bonchev–Trinajstić information content (AvgIpc) is 3.24. The molecule has 0 saturated carbocycles. The van der Waals surface area contributed by atoms with E-state index in [4.69, 9.17) is 9.47 Å². The van der Waals surface area contributed by atoms with Gasteiger partial charge in [-0.2, -0.15) is 0 Å². The minimum Gasteiger partial charge on any atom is -0.496 e. The number of ether oxygens (including phenoxy) is 2. The topological polar surface area (TPSA) is 42.0 Å². The number of carbonyl (C=O) groups is 1. The Kier molecular flexibility index (Phi) is 4.52. The Morgan fingerprint density at radius 2 is 1.95 bits per heavy atom. The van der Waals surface area contributed by atoms with Crippen molar-refractivity contribution in [3.05, 3.63) is 23.8 Å². The number of likely N-dealkylation sites (tertiary alicyclic amines) is 1. The van der Waals surface area contributed by atoms with Gasteiger partial charge in [0, 0.05) is 30.9 Å². The fraction of sp³-hybridized carbons (Fsp3) is 0.588. The monoisotopic (exact) mass is 304 g/mol. The summed E-state index contributed by atoms with van der Waals surface area (Å²) in [4.78, 5) is 16.7.